The minimum Gasteiger partial charge on any atom is -0.0587 e. The molecule has 1 heteroatoms. The second-order valence-electron chi connectivity index (χ2n) is 5.64. The van der Waals surface area contributed by atoms with Gasteiger partial charge in [-0.25, -0.2) is 0 Å². The van der Waals surface area contributed by atoms with Gasteiger partial charge in [-0.15, -0.1) is 0 Å². The third-order valence-corrected chi connectivity index (χ3v) is 3.90. The number of rotatable bonds is 2. The van der Waals surface area contributed by atoms with Crippen molar-refractivity contribution in [1.29, 1.82) is 0 Å². The first-order valence-electron chi connectivity index (χ1n) is 6.39. The van der Waals surface area contributed by atoms with Crippen molar-refractivity contribution in [3.05, 3.63) is 33.4 Å². The SMILES string of the molecule is Cc1c(C)c(C(C)C)c(C)c(C)c1C(C)C.[B]. The van der Waals surface area contributed by atoms with Crippen LogP contribution in [-0.4, -0.2) is 8.41 Å². The molecule has 0 fully saturated rings. The molecule has 0 N–H and O–H groups in total. The monoisotopic (exact) mass is 229 g/mol. The Hall–Kier alpha value is -0.715. The lowest BCUT2D eigenvalue weighted by atomic mass is 9.81. The van der Waals surface area contributed by atoms with Crippen molar-refractivity contribution in [2.45, 2.75) is 67.2 Å². The highest BCUT2D eigenvalue weighted by Gasteiger charge is 2.17. The molecule has 0 nitrogen and oxygen atoms in total. The van der Waals surface area contributed by atoms with Crippen LogP contribution in [0, 0.1) is 27.7 Å². The molecule has 0 atom stereocenters. The van der Waals surface area contributed by atoms with Gasteiger partial charge in [0.15, 0.2) is 0 Å². The Balaban J connectivity index is 0.00000256. The minimum atomic E-state index is 0. The molecule has 0 aliphatic carbocycles. The molecule has 3 radical (unpaired) electrons. The molecule has 0 unspecified atom stereocenters. The fourth-order valence-electron chi connectivity index (χ4n) is 3.10. The normalized spacial score (nSPS) is 10.9. The van der Waals surface area contributed by atoms with Crippen LogP contribution in [0.15, 0.2) is 0 Å². The lowest BCUT2D eigenvalue weighted by molar-refractivity contribution is 0.806. The van der Waals surface area contributed by atoms with Crippen LogP contribution in [0.5, 0.6) is 0 Å². The second kappa shape index (κ2) is 5.75. The van der Waals surface area contributed by atoms with E-state index in [1.54, 1.807) is 11.1 Å². The topological polar surface area (TPSA) is 0 Å². The van der Waals surface area contributed by atoms with Crippen LogP contribution in [0.3, 0.4) is 0 Å². The van der Waals surface area contributed by atoms with Crippen LogP contribution >= 0.6 is 0 Å². The first-order valence-corrected chi connectivity index (χ1v) is 6.39. The van der Waals surface area contributed by atoms with Crippen molar-refractivity contribution >= 4 is 8.41 Å². The quantitative estimate of drug-likeness (QED) is 0.640. The molecule has 17 heavy (non-hydrogen) atoms. The summed E-state index contributed by atoms with van der Waals surface area (Å²) in [6, 6.07) is 0. The molecule has 0 bridgehead atoms. The van der Waals surface area contributed by atoms with Crippen molar-refractivity contribution in [2.75, 3.05) is 0 Å². The molecule has 0 saturated carbocycles. The van der Waals surface area contributed by atoms with Gasteiger partial charge in [0.25, 0.3) is 0 Å². The summed E-state index contributed by atoms with van der Waals surface area (Å²) < 4.78 is 0. The summed E-state index contributed by atoms with van der Waals surface area (Å²) in [7, 11) is 0. The molecule has 1 aromatic rings. The van der Waals surface area contributed by atoms with Crippen molar-refractivity contribution < 1.29 is 0 Å². The molecular formula is C16H26B. The zero-order chi connectivity index (χ0) is 12.6. The molecule has 1 aromatic carbocycles. The lowest BCUT2D eigenvalue weighted by Gasteiger charge is -2.24. The van der Waals surface area contributed by atoms with E-state index in [4.69, 9.17) is 0 Å². The molecule has 0 spiro atoms. The summed E-state index contributed by atoms with van der Waals surface area (Å²) in [6.45, 7) is 18.3. The summed E-state index contributed by atoms with van der Waals surface area (Å²) in [4.78, 5) is 0. The Morgan fingerprint density at radius 1 is 0.529 bits per heavy atom. The van der Waals surface area contributed by atoms with Crippen LogP contribution in [0.2, 0.25) is 0 Å². The maximum atomic E-state index is 2.29. The predicted molar refractivity (Wildman–Crippen MR) is 79.3 cm³/mol. The van der Waals surface area contributed by atoms with Gasteiger partial charge in [0, 0.05) is 8.41 Å². The summed E-state index contributed by atoms with van der Waals surface area (Å²) in [6.07, 6.45) is 0. The molecule has 0 heterocycles. The van der Waals surface area contributed by atoms with Crippen molar-refractivity contribution in [1.82, 2.24) is 0 Å². The van der Waals surface area contributed by atoms with E-state index >= 15 is 0 Å². The van der Waals surface area contributed by atoms with Gasteiger partial charge < -0.3 is 0 Å². The van der Waals surface area contributed by atoms with Gasteiger partial charge in [-0.1, -0.05) is 27.7 Å². The molecule has 93 valence electrons. The maximum Gasteiger partial charge on any atom is 0 e. The number of hydrogen-bond acceptors (Lipinski definition) is 0. The molecule has 1 rings (SSSR count). The van der Waals surface area contributed by atoms with Gasteiger partial charge in [0.05, 0.1) is 0 Å². The fraction of sp³-hybridized carbons (Fsp3) is 0.625. The van der Waals surface area contributed by atoms with Gasteiger partial charge in [-0.05, 0) is 72.9 Å². The molecule has 0 aliphatic heterocycles. The second-order valence-corrected chi connectivity index (χ2v) is 5.64. The lowest BCUT2D eigenvalue weighted by Crippen LogP contribution is -2.07. The van der Waals surface area contributed by atoms with Crippen LogP contribution in [-0.2, 0) is 0 Å². The third-order valence-electron chi connectivity index (χ3n) is 3.90. The molecular weight excluding hydrogens is 203 g/mol. The first-order chi connectivity index (χ1) is 7.29. The smallest absolute Gasteiger partial charge is 0 e. The predicted octanol–water partition coefficient (Wildman–Crippen LogP) is 4.79. The Labute approximate surface area is 109 Å². The standard InChI is InChI=1S/C16H26.B/c1-9(2)15-11(5)13(7)16(10(3)4)14(8)12(15)6;/h9-10H,1-8H3;. The van der Waals surface area contributed by atoms with Crippen LogP contribution < -0.4 is 0 Å². The largest absolute Gasteiger partial charge is 0.0587 e. The first kappa shape index (κ1) is 16.3. The minimum absolute atomic E-state index is 0. The zero-order valence-corrected chi connectivity index (χ0v) is 12.7. The summed E-state index contributed by atoms with van der Waals surface area (Å²) in [5.41, 5.74) is 9.12. The van der Waals surface area contributed by atoms with E-state index in [0.29, 0.717) is 11.8 Å². The van der Waals surface area contributed by atoms with Gasteiger partial charge >= 0.3 is 0 Å². The highest BCUT2D eigenvalue weighted by molar-refractivity contribution is 5.75. The molecule has 0 amide bonds. The van der Waals surface area contributed by atoms with Crippen LogP contribution in [0.4, 0.5) is 0 Å². The van der Waals surface area contributed by atoms with Gasteiger partial charge in [0.2, 0.25) is 0 Å². The van der Waals surface area contributed by atoms with E-state index in [2.05, 4.69) is 55.4 Å². The average molecular weight is 229 g/mol. The highest BCUT2D eigenvalue weighted by Crippen LogP contribution is 2.34. The van der Waals surface area contributed by atoms with E-state index < -0.39 is 0 Å². The van der Waals surface area contributed by atoms with Gasteiger partial charge in [-0.3, -0.25) is 0 Å². The Morgan fingerprint density at radius 3 is 0.824 bits per heavy atom. The van der Waals surface area contributed by atoms with E-state index in [1.807, 2.05) is 0 Å². The van der Waals surface area contributed by atoms with Gasteiger partial charge in [-0.2, -0.15) is 0 Å². The summed E-state index contributed by atoms with van der Waals surface area (Å²) in [5, 5.41) is 0. The van der Waals surface area contributed by atoms with E-state index in [1.165, 1.54) is 22.3 Å². The van der Waals surface area contributed by atoms with Crippen molar-refractivity contribution in [2.24, 2.45) is 0 Å². The average Bonchev–Trinajstić information content (AvgIpc) is 2.14. The Bertz CT molecular complexity index is 332. The Morgan fingerprint density at radius 2 is 0.706 bits per heavy atom. The van der Waals surface area contributed by atoms with E-state index in [9.17, 15) is 0 Å². The van der Waals surface area contributed by atoms with Crippen LogP contribution in [0.25, 0.3) is 0 Å². The fourth-order valence-corrected chi connectivity index (χ4v) is 3.10. The number of benzene rings is 1. The Kier molecular flexibility index (Phi) is 5.51. The maximum absolute atomic E-state index is 2.29. The van der Waals surface area contributed by atoms with Crippen molar-refractivity contribution in [3.8, 4) is 0 Å². The summed E-state index contributed by atoms with van der Waals surface area (Å²) >= 11 is 0. The molecule has 0 saturated heterocycles. The van der Waals surface area contributed by atoms with E-state index in [-0.39, 0.29) is 8.41 Å². The highest BCUT2D eigenvalue weighted by atomic mass is 14.2. The van der Waals surface area contributed by atoms with Gasteiger partial charge in [0.1, 0.15) is 0 Å². The van der Waals surface area contributed by atoms with Crippen LogP contribution in [0.1, 0.15) is 72.9 Å². The molecule has 0 aromatic heterocycles. The molecule has 0 aliphatic rings. The summed E-state index contributed by atoms with van der Waals surface area (Å²) in [5.74, 6) is 1.25. The van der Waals surface area contributed by atoms with E-state index in [0.717, 1.165) is 0 Å². The zero-order valence-electron chi connectivity index (χ0n) is 12.7. The third kappa shape index (κ3) is 2.76. The number of hydrogen-bond donors (Lipinski definition) is 0. The van der Waals surface area contributed by atoms with Crippen molar-refractivity contribution in [3.63, 3.8) is 0 Å².